The number of rotatable bonds is 2. The summed E-state index contributed by atoms with van der Waals surface area (Å²) in [6.07, 6.45) is 1.47. The molecular weight excluding hydrogens is 176 g/mol. The fourth-order valence-corrected chi connectivity index (χ4v) is 1.55. The van der Waals surface area contributed by atoms with Gasteiger partial charge in [-0.15, -0.1) is 17.9 Å². The maximum absolute atomic E-state index is 12.0. The van der Waals surface area contributed by atoms with Gasteiger partial charge in [0.05, 0.1) is 12.1 Å². The van der Waals surface area contributed by atoms with Crippen molar-refractivity contribution in [2.24, 2.45) is 0 Å². The van der Waals surface area contributed by atoms with Crippen molar-refractivity contribution in [3.05, 3.63) is 0 Å². The van der Waals surface area contributed by atoms with Gasteiger partial charge in [-0.2, -0.15) is 0 Å². The van der Waals surface area contributed by atoms with E-state index in [9.17, 15) is 17.9 Å². The molecule has 0 heterocycles. The summed E-state index contributed by atoms with van der Waals surface area (Å²) in [4.78, 5) is 0. The molecule has 1 rings (SSSR count). The Morgan fingerprint density at radius 1 is 0.750 bits per heavy atom. The molecule has 1 aliphatic rings. The molecule has 2 nitrogen and oxygen atoms in total. The highest BCUT2D eigenvalue weighted by Gasteiger charge is 2.36. The van der Waals surface area contributed by atoms with E-state index in [1.807, 2.05) is 0 Å². The van der Waals surface area contributed by atoms with Crippen LogP contribution in [0.15, 0.2) is 0 Å². The van der Waals surface area contributed by atoms with E-state index in [0.29, 0.717) is 12.8 Å². The molecule has 0 saturated heterocycles. The van der Waals surface area contributed by atoms with Crippen molar-refractivity contribution in [2.75, 3.05) is 0 Å². The molecule has 1 aliphatic carbocycles. The second-order valence-corrected chi connectivity index (χ2v) is 2.94. The Hall–Kier alpha value is -0.360. The van der Waals surface area contributed by atoms with Crippen LogP contribution in [0.25, 0.3) is 0 Å². The molecule has 2 atom stereocenters. The molecule has 0 aromatic carbocycles. The summed E-state index contributed by atoms with van der Waals surface area (Å²) in [5, 5.41) is -2.20. The van der Waals surface area contributed by atoms with Crippen LogP contribution in [0.2, 0.25) is 0 Å². The Morgan fingerprint density at radius 2 is 1.08 bits per heavy atom. The predicted octanol–water partition coefficient (Wildman–Crippen LogP) is 2.44. The Balaban J connectivity index is 2.54. The molecule has 72 valence electrons. The molecule has 1 saturated carbocycles. The Labute approximate surface area is 67.5 Å². The molecule has 0 radical (unpaired) electrons. The highest BCUT2D eigenvalue weighted by atomic mass is 19.4. The zero-order chi connectivity index (χ0) is 9.14. The largest absolute Gasteiger partial charge is 0.101 e. The van der Waals surface area contributed by atoms with Crippen molar-refractivity contribution in [2.45, 2.75) is 37.8 Å². The van der Waals surface area contributed by atoms with Crippen LogP contribution in [0.4, 0.5) is 17.9 Å². The number of halogens is 4. The van der Waals surface area contributed by atoms with Gasteiger partial charge in [0.15, 0.2) is 0 Å². The maximum atomic E-state index is 12.0. The van der Waals surface area contributed by atoms with E-state index in [4.69, 9.17) is 0 Å². The van der Waals surface area contributed by atoms with Crippen molar-refractivity contribution in [1.82, 2.24) is 10.7 Å². The van der Waals surface area contributed by atoms with Crippen molar-refractivity contribution in [3.8, 4) is 0 Å². The fraction of sp³-hybridized carbons (Fsp3) is 1.00. The molecule has 0 aromatic heterocycles. The number of hydrogen-bond donors (Lipinski definition) is 0. The molecule has 12 heavy (non-hydrogen) atoms. The van der Waals surface area contributed by atoms with Gasteiger partial charge in [0.25, 0.3) is 0 Å². The molecule has 6 heteroatoms. The van der Waals surface area contributed by atoms with Gasteiger partial charge in [0.2, 0.25) is 0 Å². The first kappa shape index (κ1) is 9.73. The third-order valence-electron chi connectivity index (χ3n) is 2.20. The summed E-state index contributed by atoms with van der Waals surface area (Å²) < 4.78 is 48.0. The van der Waals surface area contributed by atoms with Gasteiger partial charge in [0, 0.05) is 10.7 Å². The van der Waals surface area contributed by atoms with E-state index < -0.39 is 22.8 Å². The number of hydrogen-bond acceptors (Lipinski definition) is 2. The van der Waals surface area contributed by atoms with E-state index in [2.05, 4.69) is 0 Å². The summed E-state index contributed by atoms with van der Waals surface area (Å²) in [6, 6.07) is -2.62. The summed E-state index contributed by atoms with van der Waals surface area (Å²) in [7, 11) is 0. The van der Waals surface area contributed by atoms with E-state index in [1.165, 1.54) is 0 Å². The normalized spacial score (nSPS) is 31.5. The summed E-state index contributed by atoms with van der Waals surface area (Å²) in [5.74, 6) is 0. The second kappa shape index (κ2) is 4.04. The van der Waals surface area contributed by atoms with Gasteiger partial charge in [-0.25, -0.2) is 0 Å². The SMILES string of the molecule is FN(F)C1CCCCC1N(F)F. The lowest BCUT2D eigenvalue weighted by molar-refractivity contribution is -0.264. The minimum absolute atomic E-state index is 0.141. The van der Waals surface area contributed by atoms with Crippen LogP contribution in [-0.4, -0.2) is 22.8 Å². The lowest BCUT2D eigenvalue weighted by Gasteiger charge is -2.30. The minimum atomic E-state index is -1.31. The zero-order valence-electron chi connectivity index (χ0n) is 6.39. The van der Waals surface area contributed by atoms with Crippen LogP contribution < -0.4 is 0 Å². The van der Waals surface area contributed by atoms with Crippen molar-refractivity contribution >= 4 is 0 Å². The molecule has 0 amide bonds. The van der Waals surface area contributed by atoms with Gasteiger partial charge in [-0.05, 0) is 12.8 Å². The van der Waals surface area contributed by atoms with E-state index in [1.54, 1.807) is 0 Å². The van der Waals surface area contributed by atoms with Crippen molar-refractivity contribution in [3.63, 3.8) is 0 Å². The van der Waals surface area contributed by atoms with Crippen molar-refractivity contribution in [1.29, 1.82) is 0 Å². The Morgan fingerprint density at radius 3 is 1.33 bits per heavy atom. The van der Waals surface area contributed by atoms with Crippen LogP contribution in [-0.2, 0) is 0 Å². The van der Waals surface area contributed by atoms with Gasteiger partial charge in [-0.3, -0.25) is 0 Å². The first-order valence-corrected chi connectivity index (χ1v) is 3.84. The molecule has 0 bridgehead atoms. The smallest absolute Gasteiger partial charge is 0.0939 e. The number of nitrogens with zero attached hydrogens (tertiary/aromatic N) is 2. The monoisotopic (exact) mass is 186 g/mol. The van der Waals surface area contributed by atoms with Gasteiger partial charge < -0.3 is 0 Å². The molecule has 0 spiro atoms. The van der Waals surface area contributed by atoms with Crippen LogP contribution in [0, 0.1) is 0 Å². The lowest BCUT2D eigenvalue weighted by Crippen LogP contribution is -2.43. The maximum Gasteiger partial charge on any atom is 0.0939 e. The van der Waals surface area contributed by atoms with E-state index in [0.717, 1.165) is 0 Å². The topological polar surface area (TPSA) is 6.48 Å². The van der Waals surface area contributed by atoms with Crippen LogP contribution in [0.1, 0.15) is 25.7 Å². The third kappa shape index (κ3) is 2.07. The van der Waals surface area contributed by atoms with E-state index >= 15 is 0 Å². The molecule has 0 aliphatic heterocycles. The van der Waals surface area contributed by atoms with Crippen molar-refractivity contribution < 1.29 is 17.9 Å². The highest BCUT2D eigenvalue weighted by molar-refractivity contribution is 4.80. The standard InChI is InChI=1S/C6H10F4N2/c7-11(8)5-3-1-2-4-6(5)12(9)10/h5-6H,1-4H2. The van der Waals surface area contributed by atoms with Gasteiger partial charge in [-0.1, -0.05) is 12.8 Å². The highest BCUT2D eigenvalue weighted by Crippen LogP contribution is 2.28. The summed E-state index contributed by atoms with van der Waals surface area (Å²) >= 11 is 0. The molecule has 1 fully saturated rings. The van der Waals surface area contributed by atoms with Crippen LogP contribution in [0.3, 0.4) is 0 Å². The second-order valence-electron chi connectivity index (χ2n) is 2.94. The average molecular weight is 186 g/mol. The quantitative estimate of drug-likeness (QED) is 0.482. The Kier molecular flexibility index (Phi) is 3.28. The zero-order valence-corrected chi connectivity index (χ0v) is 6.39. The fourth-order valence-electron chi connectivity index (χ4n) is 1.55. The molecule has 0 aromatic rings. The Bertz CT molecular complexity index is 126. The van der Waals surface area contributed by atoms with Crippen LogP contribution >= 0.6 is 0 Å². The molecule has 2 unspecified atom stereocenters. The van der Waals surface area contributed by atoms with E-state index in [-0.39, 0.29) is 12.8 Å². The lowest BCUT2D eigenvalue weighted by atomic mass is 9.91. The van der Waals surface area contributed by atoms with Gasteiger partial charge >= 0.3 is 0 Å². The summed E-state index contributed by atoms with van der Waals surface area (Å²) in [5.41, 5.74) is 0. The molecular formula is C6H10F4N2. The van der Waals surface area contributed by atoms with Gasteiger partial charge in [0.1, 0.15) is 0 Å². The summed E-state index contributed by atoms with van der Waals surface area (Å²) in [6.45, 7) is 0. The third-order valence-corrected chi connectivity index (χ3v) is 2.20. The predicted molar refractivity (Wildman–Crippen MR) is 34.2 cm³/mol. The first-order valence-electron chi connectivity index (χ1n) is 3.84. The average Bonchev–Trinajstić information content (AvgIpc) is 2.04. The van der Waals surface area contributed by atoms with Crippen LogP contribution in [0.5, 0.6) is 0 Å². The molecule has 0 N–H and O–H groups in total. The first-order chi connectivity index (χ1) is 5.63. The minimum Gasteiger partial charge on any atom is -0.101 e.